The standard InChI is InChI=1S/C16H16BrNO4S/c17-14-7-4-8-15(11-14)23(20,21)18-10-9-16(19)22-12-13-5-2-1-3-6-13/h1-8,11,18H,9-10,12H2. The van der Waals surface area contributed by atoms with Crippen LogP contribution in [-0.4, -0.2) is 20.9 Å². The molecular weight excluding hydrogens is 382 g/mol. The molecule has 1 N–H and O–H groups in total. The first-order chi connectivity index (χ1) is 11.0. The number of ether oxygens (including phenoxy) is 1. The molecule has 0 radical (unpaired) electrons. The van der Waals surface area contributed by atoms with Gasteiger partial charge in [-0.2, -0.15) is 0 Å². The third-order valence-electron chi connectivity index (χ3n) is 2.97. The Bertz CT molecular complexity index is 763. The molecule has 7 heteroatoms. The van der Waals surface area contributed by atoms with Gasteiger partial charge in [-0.1, -0.05) is 52.3 Å². The number of sulfonamides is 1. The molecule has 0 aliphatic carbocycles. The molecule has 5 nitrogen and oxygen atoms in total. The second-order valence-electron chi connectivity index (χ2n) is 4.75. The van der Waals surface area contributed by atoms with E-state index in [1.54, 1.807) is 12.1 Å². The minimum absolute atomic E-state index is 0.0114. The number of rotatable bonds is 7. The van der Waals surface area contributed by atoms with Crippen LogP contribution in [0.5, 0.6) is 0 Å². The summed E-state index contributed by atoms with van der Waals surface area (Å²) in [7, 11) is -3.63. The molecule has 0 unspecified atom stereocenters. The van der Waals surface area contributed by atoms with Crippen molar-refractivity contribution in [2.45, 2.75) is 17.9 Å². The fraction of sp³-hybridized carbons (Fsp3) is 0.188. The van der Waals surface area contributed by atoms with E-state index in [1.165, 1.54) is 12.1 Å². The van der Waals surface area contributed by atoms with Crippen LogP contribution in [0, 0.1) is 0 Å². The normalized spacial score (nSPS) is 11.2. The third kappa shape index (κ3) is 5.78. The number of hydrogen-bond acceptors (Lipinski definition) is 4. The summed E-state index contributed by atoms with van der Waals surface area (Å²) in [6.07, 6.45) is -0.0277. The highest BCUT2D eigenvalue weighted by Gasteiger charge is 2.14. The number of esters is 1. The van der Waals surface area contributed by atoms with Crippen LogP contribution in [0.2, 0.25) is 0 Å². The van der Waals surface area contributed by atoms with Crippen LogP contribution in [0.3, 0.4) is 0 Å². The van der Waals surface area contributed by atoms with Crippen molar-refractivity contribution in [1.29, 1.82) is 0 Å². The zero-order valence-corrected chi connectivity index (χ0v) is 14.6. The van der Waals surface area contributed by atoms with Crippen molar-refractivity contribution in [3.8, 4) is 0 Å². The largest absolute Gasteiger partial charge is 0.461 e. The summed E-state index contributed by atoms with van der Waals surface area (Å²) in [5.74, 6) is -0.453. The van der Waals surface area contributed by atoms with Gasteiger partial charge < -0.3 is 4.74 Å². The highest BCUT2D eigenvalue weighted by Crippen LogP contribution is 2.15. The zero-order chi connectivity index (χ0) is 16.7. The second kappa shape index (κ2) is 8.24. The van der Waals surface area contributed by atoms with E-state index in [2.05, 4.69) is 20.7 Å². The summed E-state index contributed by atoms with van der Waals surface area (Å²) in [6.45, 7) is 0.167. The summed E-state index contributed by atoms with van der Waals surface area (Å²) in [6, 6.07) is 15.6. The van der Waals surface area contributed by atoms with Crippen LogP contribution in [0.25, 0.3) is 0 Å². The van der Waals surface area contributed by atoms with Crippen molar-refractivity contribution < 1.29 is 17.9 Å². The van der Waals surface area contributed by atoms with Gasteiger partial charge in [-0.05, 0) is 23.8 Å². The predicted octanol–water partition coefficient (Wildman–Crippen LogP) is 2.86. The van der Waals surface area contributed by atoms with Crippen molar-refractivity contribution in [2.75, 3.05) is 6.54 Å². The average Bonchev–Trinajstić information content (AvgIpc) is 2.54. The van der Waals surface area contributed by atoms with Gasteiger partial charge in [0.1, 0.15) is 6.61 Å². The third-order valence-corrected chi connectivity index (χ3v) is 4.92. The lowest BCUT2D eigenvalue weighted by Crippen LogP contribution is -2.26. The van der Waals surface area contributed by atoms with E-state index in [0.717, 1.165) is 5.56 Å². The quantitative estimate of drug-likeness (QED) is 0.728. The summed E-state index contributed by atoms with van der Waals surface area (Å²) >= 11 is 3.22. The molecule has 0 aromatic heterocycles. The molecule has 0 atom stereocenters. The smallest absolute Gasteiger partial charge is 0.307 e. The van der Waals surface area contributed by atoms with E-state index >= 15 is 0 Å². The van der Waals surface area contributed by atoms with E-state index in [-0.39, 0.29) is 24.5 Å². The van der Waals surface area contributed by atoms with E-state index < -0.39 is 16.0 Å². The van der Waals surface area contributed by atoms with Crippen LogP contribution in [0.1, 0.15) is 12.0 Å². The van der Waals surface area contributed by atoms with E-state index in [0.29, 0.717) is 4.47 Å². The Balaban J connectivity index is 1.79. The topological polar surface area (TPSA) is 72.5 Å². The van der Waals surface area contributed by atoms with Gasteiger partial charge in [-0.15, -0.1) is 0 Å². The van der Waals surface area contributed by atoms with Gasteiger partial charge in [-0.25, -0.2) is 13.1 Å². The van der Waals surface area contributed by atoms with Crippen molar-refractivity contribution in [1.82, 2.24) is 4.72 Å². The van der Waals surface area contributed by atoms with E-state index in [9.17, 15) is 13.2 Å². The molecule has 0 saturated heterocycles. The van der Waals surface area contributed by atoms with Gasteiger partial charge in [0.15, 0.2) is 0 Å². The van der Waals surface area contributed by atoms with Gasteiger partial charge in [0.25, 0.3) is 0 Å². The van der Waals surface area contributed by atoms with Crippen LogP contribution in [0.4, 0.5) is 0 Å². The maximum Gasteiger partial charge on any atom is 0.307 e. The van der Waals surface area contributed by atoms with Crippen molar-refractivity contribution in [3.05, 3.63) is 64.6 Å². The minimum Gasteiger partial charge on any atom is -0.461 e. The molecular formula is C16H16BrNO4S. The number of nitrogens with one attached hydrogen (secondary N) is 1. The number of hydrogen-bond donors (Lipinski definition) is 1. The Morgan fingerprint density at radius 2 is 1.83 bits per heavy atom. The first kappa shape index (κ1) is 17.7. The highest BCUT2D eigenvalue weighted by molar-refractivity contribution is 9.10. The summed E-state index contributed by atoms with van der Waals surface area (Å²) < 4.78 is 32.3. The molecule has 0 bridgehead atoms. The van der Waals surface area contributed by atoms with Gasteiger partial charge in [0, 0.05) is 11.0 Å². The molecule has 0 spiro atoms. The molecule has 2 rings (SSSR count). The van der Waals surface area contributed by atoms with Gasteiger partial charge in [0.05, 0.1) is 11.3 Å². The molecule has 0 saturated carbocycles. The van der Waals surface area contributed by atoms with Gasteiger partial charge in [0.2, 0.25) is 10.0 Å². The summed E-state index contributed by atoms with van der Waals surface area (Å²) in [5.41, 5.74) is 0.885. The van der Waals surface area contributed by atoms with Gasteiger partial charge >= 0.3 is 5.97 Å². The van der Waals surface area contributed by atoms with E-state index in [4.69, 9.17) is 4.74 Å². The van der Waals surface area contributed by atoms with Gasteiger partial charge in [-0.3, -0.25) is 4.79 Å². The lowest BCUT2D eigenvalue weighted by Gasteiger charge is -2.08. The molecule has 122 valence electrons. The van der Waals surface area contributed by atoms with Crippen molar-refractivity contribution in [3.63, 3.8) is 0 Å². The maximum absolute atomic E-state index is 12.1. The van der Waals surface area contributed by atoms with Crippen LogP contribution >= 0.6 is 15.9 Å². The van der Waals surface area contributed by atoms with Crippen LogP contribution < -0.4 is 4.72 Å². The average molecular weight is 398 g/mol. The Hall–Kier alpha value is -1.70. The Labute approximate surface area is 143 Å². The molecule has 0 amide bonds. The van der Waals surface area contributed by atoms with E-state index in [1.807, 2.05) is 30.3 Å². The second-order valence-corrected chi connectivity index (χ2v) is 7.43. The Morgan fingerprint density at radius 3 is 2.52 bits per heavy atom. The number of halogens is 1. The Kier molecular flexibility index (Phi) is 6.32. The fourth-order valence-corrected chi connectivity index (χ4v) is 3.44. The molecule has 2 aromatic carbocycles. The summed E-state index contributed by atoms with van der Waals surface area (Å²) in [4.78, 5) is 11.8. The first-order valence-electron chi connectivity index (χ1n) is 6.92. The predicted molar refractivity (Wildman–Crippen MR) is 90.2 cm³/mol. The molecule has 0 heterocycles. The van der Waals surface area contributed by atoms with Crippen molar-refractivity contribution >= 4 is 31.9 Å². The summed E-state index contributed by atoms with van der Waals surface area (Å²) in [5, 5.41) is 0. The molecule has 0 aliphatic rings. The molecule has 0 aliphatic heterocycles. The lowest BCUT2D eigenvalue weighted by molar-refractivity contribution is -0.144. The number of carbonyl (C=O) groups is 1. The lowest BCUT2D eigenvalue weighted by atomic mass is 10.2. The molecule has 23 heavy (non-hydrogen) atoms. The highest BCUT2D eigenvalue weighted by atomic mass is 79.9. The number of carbonyl (C=O) groups excluding carboxylic acids is 1. The Morgan fingerprint density at radius 1 is 1.09 bits per heavy atom. The molecule has 2 aromatic rings. The fourth-order valence-electron chi connectivity index (χ4n) is 1.82. The minimum atomic E-state index is -3.63. The van der Waals surface area contributed by atoms with Crippen molar-refractivity contribution in [2.24, 2.45) is 0 Å². The first-order valence-corrected chi connectivity index (χ1v) is 9.20. The van der Waals surface area contributed by atoms with Crippen LogP contribution in [0.15, 0.2) is 64.0 Å². The SMILES string of the molecule is O=C(CCNS(=O)(=O)c1cccc(Br)c1)OCc1ccccc1. The molecule has 0 fully saturated rings. The monoisotopic (exact) mass is 397 g/mol. The number of benzene rings is 2. The zero-order valence-electron chi connectivity index (χ0n) is 12.2. The van der Waals surface area contributed by atoms with Crippen LogP contribution in [-0.2, 0) is 26.2 Å². The maximum atomic E-state index is 12.1.